The first-order chi connectivity index (χ1) is 5.73. The number of rotatable bonds is 4. The van der Waals surface area contributed by atoms with E-state index < -0.39 is 15.8 Å². The van der Waals surface area contributed by atoms with Crippen LogP contribution in [0.3, 0.4) is 0 Å². The third-order valence-corrected chi connectivity index (χ3v) is 8.79. The first-order valence-electron chi connectivity index (χ1n) is 4.43. The molecule has 0 unspecified atom stereocenters. The van der Waals surface area contributed by atoms with Crippen LogP contribution in [0.5, 0.6) is 0 Å². The van der Waals surface area contributed by atoms with Gasteiger partial charge in [-0.05, 0) is 23.3 Å². The van der Waals surface area contributed by atoms with E-state index in [-0.39, 0.29) is 17.1 Å². The van der Waals surface area contributed by atoms with Crippen molar-refractivity contribution in [3.05, 3.63) is 0 Å². The molecule has 0 spiro atoms. The van der Waals surface area contributed by atoms with Crippen molar-refractivity contribution in [3.8, 4) is 0 Å². The Hall–Kier alpha value is 1.57. The topological polar surface area (TPSA) is 46.1 Å². The summed E-state index contributed by atoms with van der Waals surface area (Å²) in [6, 6.07) is 0. The molecular weight excluding hydrogens is 287 g/mol. The molecule has 0 atom stereocenters. The number of hydrogen-bond donors (Lipinski definition) is 0. The van der Waals surface area contributed by atoms with Gasteiger partial charge in [0.2, 0.25) is 0 Å². The summed E-state index contributed by atoms with van der Waals surface area (Å²) < 4.78 is 0. The summed E-state index contributed by atoms with van der Waals surface area (Å²) in [6.07, 6.45) is 0. The maximum atomic E-state index is 11.3. The van der Waals surface area contributed by atoms with E-state index in [9.17, 15) is 9.79 Å². The van der Waals surface area contributed by atoms with Gasteiger partial charge in [0.1, 0.15) is 0 Å². The van der Waals surface area contributed by atoms with Crippen molar-refractivity contribution in [2.45, 2.75) is 27.7 Å². The Morgan fingerprint density at radius 3 is 1.50 bits per heavy atom. The Balaban J connectivity index is 0. The van der Waals surface area contributed by atoms with Crippen LogP contribution in [0, 0.1) is 11.8 Å². The van der Waals surface area contributed by atoms with Gasteiger partial charge in [-0.2, -0.15) is 0 Å². The van der Waals surface area contributed by atoms with Crippen molar-refractivity contribution in [3.63, 3.8) is 0 Å². The standard InChI is InChI=1S/C8H18O2PS2.Cu/c1-7(2)5-13(6-8(3)4)11(9,10)12;/h7-8H,5-6H2,1-4H3;/q-3;+3. The molecule has 0 rings (SSSR count). The summed E-state index contributed by atoms with van der Waals surface area (Å²) in [5.74, 6) is 2.27. The van der Waals surface area contributed by atoms with Crippen LogP contribution in [0.4, 0.5) is 0 Å². The number of hydrogen-bond acceptors (Lipinski definition) is 3. The Kier molecular flexibility index (Phi) is 9.97. The predicted molar refractivity (Wildman–Crippen MR) is 61.1 cm³/mol. The maximum Gasteiger partial charge on any atom is 3.00 e. The predicted octanol–water partition coefficient (Wildman–Crippen LogP) is 0.859. The SMILES string of the molecule is CC(C)CS(CC(C)C)=P([O-])([O-])[S-].[Cu+3]. The van der Waals surface area contributed by atoms with Crippen LogP contribution in [0.25, 0.3) is 0 Å². The van der Waals surface area contributed by atoms with Crippen LogP contribution >= 0.6 is 5.69 Å². The van der Waals surface area contributed by atoms with E-state index in [1.54, 1.807) is 0 Å². The van der Waals surface area contributed by atoms with E-state index in [0.717, 1.165) is 11.5 Å². The molecule has 0 aromatic heterocycles. The summed E-state index contributed by atoms with van der Waals surface area (Å²) in [4.78, 5) is 22.5. The maximum absolute atomic E-state index is 11.3. The van der Waals surface area contributed by atoms with Crippen molar-refractivity contribution in [1.82, 2.24) is 0 Å². The molecule has 6 heteroatoms. The van der Waals surface area contributed by atoms with Gasteiger partial charge in [0.05, 0.1) is 0 Å². The summed E-state index contributed by atoms with van der Waals surface area (Å²) in [5.41, 5.74) is -3.52. The molecule has 0 saturated carbocycles. The van der Waals surface area contributed by atoms with Crippen LogP contribution < -0.4 is 9.79 Å². The molecule has 0 aliphatic carbocycles. The van der Waals surface area contributed by atoms with E-state index >= 15 is 0 Å². The van der Waals surface area contributed by atoms with E-state index in [0.29, 0.717) is 11.8 Å². The molecular formula is C8H18CuO2PS2. The van der Waals surface area contributed by atoms with Crippen molar-refractivity contribution >= 4 is 28.0 Å². The van der Waals surface area contributed by atoms with Gasteiger partial charge in [0, 0.05) is 0 Å². The van der Waals surface area contributed by atoms with Crippen molar-refractivity contribution in [2.24, 2.45) is 11.8 Å². The van der Waals surface area contributed by atoms with E-state index in [4.69, 9.17) is 0 Å². The molecule has 2 nitrogen and oxygen atoms in total. The zero-order chi connectivity index (χ0) is 10.6. The second-order valence-corrected chi connectivity index (χ2v) is 11.6. The Bertz CT molecular complexity index is 193. The molecule has 0 N–H and O–H groups in total. The van der Waals surface area contributed by atoms with Crippen LogP contribution in [-0.2, 0) is 39.4 Å². The molecule has 0 radical (unpaired) electrons. The summed E-state index contributed by atoms with van der Waals surface area (Å²) in [6.45, 7) is 8.13. The van der Waals surface area contributed by atoms with Gasteiger partial charge in [0.15, 0.2) is 0 Å². The largest absolute Gasteiger partial charge is 3.00 e. The Morgan fingerprint density at radius 1 is 1.07 bits per heavy atom. The normalized spacial score (nSPS) is 12.4. The zero-order valence-corrected chi connectivity index (χ0v) is 12.4. The van der Waals surface area contributed by atoms with Gasteiger partial charge in [-0.25, -0.2) is 10.1 Å². The molecule has 0 bridgehead atoms. The first-order valence-corrected chi connectivity index (χ1v) is 9.24. The van der Waals surface area contributed by atoms with Gasteiger partial charge < -0.3 is 27.7 Å². The Labute approximate surface area is 106 Å². The van der Waals surface area contributed by atoms with Crippen LogP contribution in [0.2, 0.25) is 0 Å². The molecule has 14 heavy (non-hydrogen) atoms. The third-order valence-electron chi connectivity index (χ3n) is 1.37. The van der Waals surface area contributed by atoms with Crippen LogP contribution in [0.1, 0.15) is 27.7 Å². The molecule has 0 heterocycles. The summed E-state index contributed by atoms with van der Waals surface area (Å²) in [5, 5.41) is 0. The summed E-state index contributed by atoms with van der Waals surface area (Å²) in [7, 11) is -0.587. The molecule has 0 fully saturated rings. The van der Waals surface area contributed by atoms with Gasteiger partial charge in [0.25, 0.3) is 0 Å². The average molecular weight is 305 g/mol. The first kappa shape index (κ1) is 17.9. The third kappa shape index (κ3) is 8.84. The van der Waals surface area contributed by atoms with Gasteiger partial charge in [-0.15, -0.1) is 0 Å². The molecule has 0 saturated heterocycles. The minimum absolute atomic E-state index is 0. The molecule has 0 amide bonds. The fourth-order valence-corrected chi connectivity index (χ4v) is 7.04. The molecule has 0 aromatic carbocycles. The fraction of sp³-hybridized carbons (Fsp3) is 1.00. The summed E-state index contributed by atoms with van der Waals surface area (Å²) >= 11 is 4.56. The quantitative estimate of drug-likeness (QED) is 0.440. The minimum Gasteiger partial charge on any atom is -0.854 e. The van der Waals surface area contributed by atoms with Crippen molar-refractivity contribution in [1.29, 1.82) is 0 Å². The molecule has 0 aliphatic heterocycles. The van der Waals surface area contributed by atoms with Gasteiger partial charge >= 0.3 is 17.1 Å². The van der Waals surface area contributed by atoms with E-state index in [2.05, 4.69) is 12.2 Å². The van der Waals surface area contributed by atoms with E-state index in [1.807, 2.05) is 27.7 Å². The van der Waals surface area contributed by atoms with E-state index in [1.165, 1.54) is 0 Å². The second kappa shape index (κ2) is 7.78. The molecule has 0 aromatic rings. The minimum atomic E-state index is -3.52. The second-order valence-electron chi connectivity index (χ2n) is 4.03. The van der Waals surface area contributed by atoms with Crippen molar-refractivity contribution < 1.29 is 26.9 Å². The fourth-order valence-electron chi connectivity index (χ4n) is 1.02. The van der Waals surface area contributed by atoms with Crippen LogP contribution in [-0.4, -0.2) is 11.5 Å². The van der Waals surface area contributed by atoms with Gasteiger partial charge in [-0.1, -0.05) is 27.7 Å². The van der Waals surface area contributed by atoms with Crippen molar-refractivity contribution in [2.75, 3.05) is 11.5 Å². The monoisotopic (exact) mass is 304 g/mol. The van der Waals surface area contributed by atoms with Gasteiger partial charge in [-0.3, -0.25) is 0 Å². The van der Waals surface area contributed by atoms with Crippen LogP contribution in [0.15, 0.2) is 0 Å². The molecule has 90 valence electrons. The zero-order valence-electron chi connectivity index (χ0n) is 8.95. The smallest absolute Gasteiger partial charge is 0.854 e. The average Bonchev–Trinajstić information content (AvgIpc) is 1.81. The Morgan fingerprint density at radius 2 is 1.36 bits per heavy atom. The molecule has 0 aliphatic rings.